The molecule has 1 fully saturated rings. The third-order valence-electron chi connectivity index (χ3n) is 5.63. The van der Waals surface area contributed by atoms with Gasteiger partial charge in [-0.1, -0.05) is 33.3 Å². The molecule has 110 valence electrons. The summed E-state index contributed by atoms with van der Waals surface area (Å²) in [4.78, 5) is 0. The van der Waals surface area contributed by atoms with Crippen LogP contribution in [-0.4, -0.2) is 45.3 Å². The van der Waals surface area contributed by atoms with E-state index in [0.29, 0.717) is 5.57 Å². The predicted octanol–water partition coefficient (Wildman–Crippen LogP) is 0.836. The summed E-state index contributed by atoms with van der Waals surface area (Å²) in [6.45, 7) is 5.38. The summed E-state index contributed by atoms with van der Waals surface area (Å²) in [5.41, 5.74) is -1.81. The topological polar surface area (TPSA) is 80.9 Å². The number of fused-ring (bicyclic) bond motifs is 1. The van der Waals surface area contributed by atoms with Crippen LogP contribution in [0.25, 0.3) is 0 Å². The lowest BCUT2D eigenvalue weighted by Crippen LogP contribution is -2.64. The Hall–Kier alpha value is -0.420. The fourth-order valence-corrected chi connectivity index (χ4v) is 4.66. The molecule has 0 unspecified atom stereocenters. The highest BCUT2D eigenvalue weighted by Gasteiger charge is 2.62. The van der Waals surface area contributed by atoms with Gasteiger partial charge in [0.1, 0.15) is 5.60 Å². The molecule has 4 atom stereocenters. The van der Waals surface area contributed by atoms with E-state index in [1.165, 1.54) is 6.08 Å². The molecule has 2 aliphatic carbocycles. The first-order valence-corrected chi connectivity index (χ1v) is 7.06. The molecule has 0 aromatic rings. The number of aliphatic hydroxyl groups excluding tert-OH is 3. The van der Waals surface area contributed by atoms with Crippen LogP contribution in [0.1, 0.15) is 40.0 Å². The molecule has 2 rings (SSSR count). The van der Waals surface area contributed by atoms with Gasteiger partial charge >= 0.3 is 0 Å². The third-order valence-corrected chi connectivity index (χ3v) is 5.63. The van der Waals surface area contributed by atoms with E-state index in [4.69, 9.17) is 0 Å². The lowest BCUT2D eigenvalue weighted by Gasteiger charge is -2.61. The molecule has 19 heavy (non-hydrogen) atoms. The molecule has 4 N–H and O–H groups in total. The van der Waals surface area contributed by atoms with Crippen LogP contribution < -0.4 is 0 Å². The van der Waals surface area contributed by atoms with Gasteiger partial charge in [-0.25, -0.2) is 0 Å². The van der Waals surface area contributed by atoms with Crippen molar-refractivity contribution in [2.75, 3.05) is 13.2 Å². The van der Waals surface area contributed by atoms with Crippen LogP contribution >= 0.6 is 0 Å². The van der Waals surface area contributed by atoms with Crippen molar-refractivity contribution in [2.24, 2.45) is 16.7 Å². The van der Waals surface area contributed by atoms with E-state index in [2.05, 4.69) is 13.8 Å². The number of rotatable bonds is 2. The second-order valence-electron chi connectivity index (χ2n) is 7.10. The van der Waals surface area contributed by atoms with Gasteiger partial charge < -0.3 is 20.4 Å². The Morgan fingerprint density at radius 1 is 1.21 bits per heavy atom. The largest absolute Gasteiger partial charge is 0.393 e. The van der Waals surface area contributed by atoms with Gasteiger partial charge in [0.2, 0.25) is 0 Å². The number of hydrogen-bond donors (Lipinski definition) is 4. The SMILES string of the molecule is CC1(C)CCC[C@]2(C)[C@H]1[C@@H](O)C=C(CO)[C@@]2(O)CO. The monoisotopic (exact) mass is 270 g/mol. The molecule has 0 bridgehead atoms. The van der Waals surface area contributed by atoms with Crippen molar-refractivity contribution < 1.29 is 20.4 Å². The maximum atomic E-state index is 11.0. The first-order valence-electron chi connectivity index (χ1n) is 7.06. The fourth-order valence-electron chi connectivity index (χ4n) is 4.66. The second kappa shape index (κ2) is 4.55. The average Bonchev–Trinajstić information content (AvgIpc) is 2.32. The van der Waals surface area contributed by atoms with Crippen LogP contribution in [0.5, 0.6) is 0 Å². The van der Waals surface area contributed by atoms with Gasteiger partial charge in [0.25, 0.3) is 0 Å². The van der Waals surface area contributed by atoms with Gasteiger partial charge in [0, 0.05) is 11.3 Å². The second-order valence-corrected chi connectivity index (χ2v) is 7.10. The van der Waals surface area contributed by atoms with Crippen LogP contribution in [0.15, 0.2) is 11.6 Å². The molecular weight excluding hydrogens is 244 g/mol. The van der Waals surface area contributed by atoms with Crippen LogP contribution in [0, 0.1) is 16.7 Å². The standard InChI is InChI=1S/C15H26O4/c1-13(2)5-4-6-14(3)12(13)11(18)7-10(8-16)15(14,19)9-17/h7,11-12,16-19H,4-6,8-9H2,1-3H3/t11-,12-,14+,15-/m0/s1. The molecule has 0 aliphatic heterocycles. The summed E-state index contributed by atoms with van der Waals surface area (Å²) in [5.74, 6) is -0.124. The maximum Gasteiger partial charge on any atom is 0.117 e. The molecule has 4 heteroatoms. The Kier molecular flexibility index (Phi) is 3.59. The van der Waals surface area contributed by atoms with Crippen LogP contribution in [-0.2, 0) is 0 Å². The zero-order chi connectivity index (χ0) is 14.5. The molecule has 0 amide bonds. The third kappa shape index (κ3) is 1.88. The van der Waals surface area contributed by atoms with Gasteiger partial charge in [-0.05, 0) is 23.8 Å². The van der Waals surface area contributed by atoms with Crippen molar-refractivity contribution in [1.82, 2.24) is 0 Å². The highest BCUT2D eigenvalue weighted by molar-refractivity contribution is 5.31. The molecule has 0 spiro atoms. The fraction of sp³-hybridized carbons (Fsp3) is 0.867. The van der Waals surface area contributed by atoms with E-state index >= 15 is 0 Å². The average molecular weight is 270 g/mol. The minimum Gasteiger partial charge on any atom is -0.393 e. The Balaban J connectivity index is 2.59. The minimum atomic E-state index is -1.44. The highest BCUT2D eigenvalue weighted by Crippen LogP contribution is 2.60. The number of hydrogen-bond acceptors (Lipinski definition) is 4. The van der Waals surface area contributed by atoms with Crippen molar-refractivity contribution in [3.8, 4) is 0 Å². The molecule has 0 saturated heterocycles. The molecule has 0 heterocycles. The molecule has 0 aromatic heterocycles. The van der Waals surface area contributed by atoms with Crippen molar-refractivity contribution in [3.05, 3.63) is 11.6 Å². The van der Waals surface area contributed by atoms with Crippen molar-refractivity contribution in [2.45, 2.75) is 51.7 Å². The van der Waals surface area contributed by atoms with Crippen LogP contribution in [0.3, 0.4) is 0 Å². The summed E-state index contributed by atoms with van der Waals surface area (Å²) in [6, 6.07) is 0. The summed E-state index contributed by atoms with van der Waals surface area (Å²) in [5, 5.41) is 40.6. The summed E-state index contributed by atoms with van der Waals surface area (Å²) >= 11 is 0. The summed E-state index contributed by atoms with van der Waals surface area (Å²) in [7, 11) is 0. The Morgan fingerprint density at radius 2 is 1.84 bits per heavy atom. The van der Waals surface area contributed by atoms with Gasteiger partial charge in [-0.2, -0.15) is 0 Å². The van der Waals surface area contributed by atoms with Gasteiger partial charge in [-0.15, -0.1) is 0 Å². The minimum absolute atomic E-state index is 0.104. The van der Waals surface area contributed by atoms with E-state index in [1.807, 2.05) is 6.92 Å². The molecule has 2 aliphatic rings. The summed E-state index contributed by atoms with van der Waals surface area (Å²) in [6.07, 6.45) is 3.54. The van der Waals surface area contributed by atoms with Crippen LogP contribution in [0.4, 0.5) is 0 Å². The van der Waals surface area contributed by atoms with E-state index < -0.39 is 23.7 Å². The first kappa shape index (κ1) is 15.0. The van der Waals surface area contributed by atoms with Crippen molar-refractivity contribution in [3.63, 3.8) is 0 Å². The van der Waals surface area contributed by atoms with E-state index in [0.717, 1.165) is 19.3 Å². The van der Waals surface area contributed by atoms with Gasteiger partial charge in [0.05, 0.1) is 19.3 Å². The Morgan fingerprint density at radius 3 is 2.37 bits per heavy atom. The number of aliphatic hydroxyl groups is 4. The molecule has 4 nitrogen and oxygen atoms in total. The van der Waals surface area contributed by atoms with Crippen LogP contribution in [0.2, 0.25) is 0 Å². The lowest BCUT2D eigenvalue weighted by atomic mass is 9.46. The van der Waals surface area contributed by atoms with Gasteiger partial charge in [0.15, 0.2) is 0 Å². The van der Waals surface area contributed by atoms with E-state index in [1.54, 1.807) is 0 Å². The lowest BCUT2D eigenvalue weighted by molar-refractivity contribution is -0.188. The van der Waals surface area contributed by atoms with Crippen molar-refractivity contribution in [1.29, 1.82) is 0 Å². The van der Waals surface area contributed by atoms with E-state index in [9.17, 15) is 20.4 Å². The quantitative estimate of drug-likeness (QED) is 0.560. The Bertz CT molecular complexity index is 390. The van der Waals surface area contributed by atoms with E-state index in [-0.39, 0.29) is 17.9 Å². The predicted molar refractivity (Wildman–Crippen MR) is 72.4 cm³/mol. The zero-order valence-corrected chi connectivity index (χ0v) is 12.1. The first-order chi connectivity index (χ1) is 8.73. The Labute approximate surface area is 114 Å². The zero-order valence-electron chi connectivity index (χ0n) is 12.1. The maximum absolute atomic E-state index is 11.0. The molecule has 0 aromatic carbocycles. The molecular formula is C15H26O4. The highest BCUT2D eigenvalue weighted by atomic mass is 16.3. The molecule has 0 radical (unpaired) electrons. The summed E-state index contributed by atoms with van der Waals surface area (Å²) < 4.78 is 0. The van der Waals surface area contributed by atoms with Crippen molar-refractivity contribution >= 4 is 0 Å². The molecule has 1 saturated carbocycles. The smallest absolute Gasteiger partial charge is 0.117 e. The van der Waals surface area contributed by atoms with Gasteiger partial charge in [-0.3, -0.25) is 0 Å². The normalized spacial score (nSPS) is 45.5.